The van der Waals surface area contributed by atoms with Crippen LogP contribution in [0.2, 0.25) is 5.02 Å². The summed E-state index contributed by atoms with van der Waals surface area (Å²) in [5, 5.41) is 3.65. The van der Waals surface area contributed by atoms with Gasteiger partial charge in [0.15, 0.2) is 11.5 Å². The molecule has 1 aliphatic rings. The molecule has 7 heteroatoms. The van der Waals surface area contributed by atoms with E-state index in [1.807, 2.05) is 87.5 Å². The summed E-state index contributed by atoms with van der Waals surface area (Å²) in [6.45, 7) is 7.08. The highest BCUT2D eigenvalue weighted by Crippen LogP contribution is 2.31. The summed E-state index contributed by atoms with van der Waals surface area (Å²) in [6.07, 6.45) is 1.13. The largest absolute Gasteiger partial charge is 0.486 e. The molecule has 0 radical (unpaired) electrons. The Kier molecular flexibility index (Phi) is 8.95. The van der Waals surface area contributed by atoms with Gasteiger partial charge < -0.3 is 19.7 Å². The molecule has 0 spiro atoms. The second-order valence-corrected chi connectivity index (χ2v) is 10.9. The van der Waals surface area contributed by atoms with E-state index in [0.29, 0.717) is 42.6 Å². The van der Waals surface area contributed by atoms with Crippen molar-refractivity contribution in [2.45, 2.75) is 58.2 Å². The average Bonchev–Trinajstić information content (AvgIpc) is 2.89. The van der Waals surface area contributed by atoms with Crippen LogP contribution in [0.25, 0.3) is 0 Å². The summed E-state index contributed by atoms with van der Waals surface area (Å²) < 4.78 is 11.3. The second-order valence-electron chi connectivity index (χ2n) is 10.5. The Balaban J connectivity index is 1.62. The number of halogens is 1. The van der Waals surface area contributed by atoms with Gasteiger partial charge in [0.25, 0.3) is 0 Å². The van der Waals surface area contributed by atoms with Gasteiger partial charge in [-0.1, -0.05) is 66.2 Å². The van der Waals surface area contributed by atoms with E-state index in [1.54, 1.807) is 11.0 Å². The number of carbonyl (C=O) groups is 2. The minimum atomic E-state index is -0.708. The first-order chi connectivity index (χ1) is 18.2. The molecule has 3 aromatic rings. The number of hydrogen-bond acceptors (Lipinski definition) is 4. The summed E-state index contributed by atoms with van der Waals surface area (Å²) in [5.41, 5.74) is 2.30. The third kappa shape index (κ3) is 7.51. The lowest BCUT2D eigenvalue weighted by Gasteiger charge is -2.34. The summed E-state index contributed by atoms with van der Waals surface area (Å²) in [6, 6.07) is 22.3. The SMILES string of the molecule is CC(C)(C)NC(=O)C(Cc1ccccc1)N(Cc1ccccc1Cl)C(=O)CCc1ccc2c(c1)OCCO2. The Hall–Kier alpha value is -3.51. The van der Waals surface area contributed by atoms with Crippen LogP contribution in [0.5, 0.6) is 11.5 Å². The predicted octanol–water partition coefficient (Wildman–Crippen LogP) is 5.60. The molecular formula is C31H35ClN2O4. The number of fused-ring (bicyclic) bond motifs is 1. The molecule has 4 rings (SSSR count). The van der Waals surface area contributed by atoms with Crippen molar-refractivity contribution < 1.29 is 19.1 Å². The van der Waals surface area contributed by atoms with Crippen molar-refractivity contribution in [1.82, 2.24) is 10.2 Å². The lowest BCUT2D eigenvalue weighted by molar-refractivity contribution is -0.141. The van der Waals surface area contributed by atoms with Crippen molar-refractivity contribution >= 4 is 23.4 Å². The number of ether oxygens (including phenoxy) is 2. The molecule has 1 heterocycles. The monoisotopic (exact) mass is 534 g/mol. The summed E-state index contributed by atoms with van der Waals surface area (Å²) in [5.74, 6) is 1.10. The van der Waals surface area contributed by atoms with Crippen LogP contribution in [0, 0.1) is 0 Å². The van der Waals surface area contributed by atoms with Crippen LogP contribution in [0.1, 0.15) is 43.9 Å². The first-order valence-corrected chi connectivity index (χ1v) is 13.3. The van der Waals surface area contributed by atoms with Gasteiger partial charge in [-0.15, -0.1) is 0 Å². The van der Waals surface area contributed by atoms with Crippen LogP contribution in [-0.2, 0) is 29.0 Å². The Bertz CT molecular complexity index is 1260. The molecule has 1 aliphatic heterocycles. The number of nitrogens with zero attached hydrogens (tertiary/aromatic N) is 1. The second kappa shape index (κ2) is 12.4. The van der Waals surface area contributed by atoms with Crippen LogP contribution in [0.4, 0.5) is 0 Å². The van der Waals surface area contributed by atoms with Crippen molar-refractivity contribution in [3.05, 3.63) is 94.5 Å². The Morgan fingerprint density at radius 3 is 2.32 bits per heavy atom. The molecule has 0 saturated carbocycles. The average molecular weight is 535 g/mol. The predicted molar refractivity (Wildman–Crippen MR) is 150 cm³/mol. The number of hydrogen-bond donors (Lipinski definition) is 1. The van der Waals surface area contributed by atoms with Crippen molar-refractivity contribution in [1.29, 1.82) is 0 Å². The number of aryl methyl sites for hydroxylation is 1. The van der Waals surface area contributed by atoms with Gasteiger partial charge in [-0.2, -0.15) is 0 Å². The molecule has 6 nitrogen and oxygen atoms in total. The maximum Gasteiger partial charge on any atom is 0.243 e. The molecule has 38 heavy (non-hydrogen) atoms. The number of carbonyl (C=O) groups excluding carboxylic acids is 2. The molecule has 200 valence electrons. The molecule has 0 fully saturated rings. The Morgan fingerprint density at radius 2 is 1.61 bits per heavy atom. The van der Waals surface area contributed by atoms with Crippen LogP contribution in [0.3, 0.4) is 0 Å². The Morgan fingerprint density at radius 1 is 0.921 bits per heavy atom. The van der Waals surface area contributed by atoms with E-state index in [1.165, 1.54) is 0 Å². The highest BCUT2D eigenvalue weighted by atomic mass is 35.5. The minimum Gasteiger partial charge on any atom is -0.486 e. The molecule has 0 aliphatic carbocycles. The van der Waals surface area contributed by atoms with E-state index in [9.17, 15) is 9.59 Å². The normalized spacial score (nSPS) is 13.5. The maximum atomic E-state index is 13.9. The third-order valence-electron chi connectivity index (χ3n) is 6.30. The molecule has 1 atom stereocenters. The number of rotatable bonds is 9. The smallest absolute Gasteiger partial charge is 0.243 e. The van der Waals surface area contributed by atoms with E-state index in [-0.39, 0.29) is 24.8 Å². The summed E-state index contributed by atoms with van der Waals surface area (Å²) >= 11 is 6.50. The minimum absolute atomic E-state index is 0.121. The van der Waals surface area contributed by atoms with Gasteiger partial charge in [0.2, 0.25) is 11.8 Å². The van der Waals surface area contributed by atoms with Crippen molar-refractivity contribution in [2.75, 3.05) is 13.2 Å². The molecular weight excluding hydrogens is 500 g/mol. The third-order valence-corrected chi connectivity index (χ3v) is 6.67. The van der Waals surface area contributed by atoms with Gasteiger partial charge in [0, 0.05) is 29.9 Å². The molecule has 1 N–H and O–H groups in total. The molecule has 0 aromatic heterocycles. The topological polar surface area (TPSA) is 67.9 Å². The van der Waals surface area contributed by atoms with Crippen LogP contribution >= 0.6 is 11.6 Å². The van der Waals surface area contributed by atoms with E-state index in [4.69, 9.17) is 21.1 Å². The highest BCUT2D eigenvalue weighted by Gasteiger charge is 2.32. The number of amides is 2. The first-order valence-electron chi connectivity index (χ1n) is 13.0. The van der Waals surface area contributed by atoms with Gasteiger partial charge in [0.1, 0.15) is 19.3 Å². The molecule has 3 aromatic carbocycles. The fourth-order valence-electron chi connectivity index (χ4n) is 4.46. The van der Waals surface area contributed by atoms with E-state index in [2.05, 4.69) is 5.32 Å². The lowest BCUT2D eigenvalue weighted by Crippen LogP contribution is -2.54. The molecule has 1 unspecified atom stereocenters. The lowest BCUT2D eigenvalue weighted by atomic mass is 9.99. The van der Waals surface area contributed by atoms with Gasteiger partial charge >= 0.3 is 0 Å². The van der Waals surface area contributed by atoms with Crippen LogP contribution < -0.4 is 14.8 Å². The molecule has 0 saturated heterocycles. The quantitative estimate of drug-likeness (QED) is 0.388. The number of nitrogens with one attached hydrogen (secondary N) is 1. The van der Waals surface area contributed by atoms with Crippen molar-refractivity contribution in [3.63, 3.8) is 0 Å². The fraction of sp³-hybridized carbons (Fsp3) is 0.355. The zero-order valence-corrected chi connectivity index (χ0v) is 23.0. The van der Waals surface area contributed by atoms with E-state index in [0.717, 1.165) is 16.7 Å². The van der Waals surface area contributed by atoms with Crippen LogP contribution in [-0.4, -0.2) is 41.5 Å². The van der Waals surface area contributed by atoms with Crippen molar-refractivity contribution in [2.24, 2.45) is 0 Å². The van der Waals surface area contributed by atoms with Gasteiger partial charge in [-0.25, -0.2) is 0 Å². The van der Waals surface area contributed by atoms with Crippen molar-refractivity contribution in [3.8, 4) is 11.5 Å². The number of benzene rings is 3. The van der Waals surface area contributed by atoms with E-state index >= 15 is 0 Å². The Labute approximate surface area is 229 Å². The zero-order valence-electron chi connectivity index (χ0n) is 22.2. The maximum absolute atomic E-state index is 13.9. The van der Waals surface area contributed by atoms with Gasteiger partial charge in [-0.05, 0) is 62.1 Å². The van der Waals surface area contributed by atoms with Crippen LogP contribution in [0.15, 0.2) is 72.8 Å². The summed E-state index contributed by atoms with van der Waals surface area (Å²) in [4.78, 5) is 29.2. The molecule has 0 bridgehead atoms. The zero-order chi connectivity index (χ0) is 27.1. The fourth-order valence-corrected chi connectivity index (χ4v) is 4.65. The van der Waals surface area contributed by atoms with E-state index < -0.39 is 11.6 Å². The summed E-state index contributed by atoms with van der Waals surface area (Å²) in [7, 11) is 0. The standard InChI is InChI=1S/C31H35ClN2O4/c1-31(2,3)33-30(36)26(19-22-9-5-4-6-10-22)34(21-24-11-7-8-12-25(24)32)29(35)16-14-23-13-15-27-28(20-23)38-18-17-37-27/h4-13,15,20,26H,14,16-19,21H2,1-3H3,(H,33,36). The van der Waals surface area contributed by atoms with Gasteiger partial charge in [0.05, 0.1) is 0 Å². The first kappa shape index (κ1) is 27.5. The van der Waals surface area contributed by atoms with Gasteiger partial charge in [-0.3, -0.25) is 9.59 Å². The highest BCUT2D eigenvalue weighted by molar-refractivity contribution is 6.31. The molecule has 2 amide bonds.